The quantitative estimate of drug-likeness (QED) is 0.184. The zero-order chi connectivity index (χ0) is 34.6. The summed E-state index contributed by atoms with van der Waals surface area (Å²) in [7, 11) is 0. The molecule has 0 bridgehead atoms. The zero-order valence-corrected chi connectivity index (χ0v) is 29.7. The minimum absolute atomic E-state index is 0.115. The molecule has 0 fully saturated rings. The van der Waals surface area contributed by atoms with Crippen LogP contribution in [-0.4, -0.2) is 0 Å². The lowest BCUT2D eigenvalue weighted by molar-refractivity contribution is 0.660. The van der Waals surface area contributed by atoms with Gasteiger partial charge in [0.2, 0.25) is 0 Å². The molecule has 2 heterocycles. The van der Waals surface area contributed by atoms with Crippen molar-refractivity contribution in [2.45, 2.75) is 19.3 Å². The highest BCUT2D eigenvalue weighted by Crippen LogP contribution is 2.53. The molecule has 0 N–H and O–H groups in total. The van der Waals surface area contributed by atoms with Gasteiger partial charge in [-0.1, -0.05) is 135 Å². The van der Waals surface area contributed by atoms with Gasteiger partial charge in [-0.05, 0) is 81.2 Å². The van der Waals surface area contributed by atoms with Gasteiger partial charge in [0.15, 0.2) is 0 Å². The maximum atomic E-state index is 6.62. The van der Waals surface area contributed by atoms with Crippen LogP contribution >= 0.6 is 11.3 Å². The summed E-state index contributed by atoms with van der Waals surface area (Å²) in [5, 5.41) is 7.27. The van der Waals surface area contributed by atoms with Crippen LogP contribution in [0.1, 0.15) is 25.0 Å². The molecule has 246 valence electrons. The van der Waals surface area contributed by atoms with Gasteiger partial charge < -0.3 is 9.32 Å². The Morgan fingerprint density at radius 2 is 1.17 bits per heavy atom. The zero-order valence-electron chi connectivity index (χ0n) is 28.9. The molecule has 0 aliphatic heterocycles. The maximum absolute atomic E-state index is 6.62. The highest BCUT2D eigenvalue weighted by Gasteiger charge is 2.36. The fourth-order valence-corrected chi connectivity index (χ4v) is 10.1. The van der Waals surface area contributed by atoms with Crippen LogP contribution in [-0.2, 0) is 5.41 Å². The van der Waals surface area contributed by atoms with Crippen LogP contribution in [0.15, 0.2) is 168 Å². The summed E-state index contributed by atoms with van der Waals surface area (Å²) in [6.45, 7) is 4.72. The van der Waals surface area contributed by atoms with Crippen molar-refractivity contribution in [3.05, 3.63) is 175 Å². The van der Waals surface area contributed by atoms with Crippen LogP contribution in [0.4, 0.5) is 17.1 Å². The average molecular weight is 684 g/mol. The van der Waals surface area contributed by atoms with Crippen LogP contribution in [0, 0.1) is 0 Å². The van der Waals surface area contributed by atoms with E-state index in [9.17, 15) is 0 Å². The smallest absolute Gasteiger partial charge is 0.144 e. The molecule has 52 heavy (non-hydrogen) atoms. The van der Waals surface area contributed by atoms with E-state index >= 15 is 0 Å². The normalized spacial score (nSPS) is 13.3. The third-order valence-electron chi connectivity index (χ3n) is 11.3. The Morgan fingerprint density at radius 3 is 2.02 bits per heavy atom. The van der Waals surface area contributed by atoms with Crippen molar-refractivity contribution in [3.8, 4) is 22.3 Å². The second-order valence-electron chi connectivity index (χ2n) is 14.5. The second-order valence-corrected chi connectivity index (χ2v) is 15.5. The summed E-state index contributed by atoms with van der Waals surface area (Å²) in [5.41, 5.74) is 13.0. The molecular formula is C49H33NOS. The van der Waals surface area contributed by atoms with E-state index in [-0.39, 0.29) is 5.41 Å². The summed E-state index contributed by atoms with van der Waals surface area (Å²) in [5.74, 6) is 0. The monoisotopic (exact) mass is 683 g/mol. The Labute approximate surface area is 305 Å². The molecule has 2 aromatic heterocycles. The van der Waals surface area contributed by atoms with Crippen molar-refractivity contribution in [1.29, 1.82) is 0 Å². The van der Waals surface area contributed by atoms with Gasteiger partial charge in [0.25, 0.3) is 0 Å². The molecule has 0 saturated heterocycles. The number of anilines is 3. The van der Waals surface area contributed by atoms with E-state index < -0.39 is 0 Å². The Kier molecular flexibility index (Phi) is 6.21. The minimum Gasteiger partial charge on any atom is -0.455 e. The number of fused-ring (bicyclic) bond motifs is 13. The molecule has 0 saturated carbocycles. The van der Waals surface area contributed by atoms with Crippen LogP contribution in [0.3, 0.4) is 0 Å². The van der Waals surface area contributed by atoms with Crippen molar-refractivity contribution < 1.29 is 4.42 Å². The van der Waals surface area contributed by atoms with E-state index in [2.05, 4.69) is 183 Å². The SMILES string of the molecule is CC1(C)c2ccccc2-c2ccc(N(c3ccc(-c4ccccc4)cc3)c3cccc4sc5c6c7ccccc7oc6c6ccccc6c5c34)cc21. The molecule has 0 unspecified atom stereocenters. The van der Waals surface area contributed by atoms with Gasteiger partial charge in [-0.2, -0.15) is 0 Å². The standard InChI is InChI=1S/C49H33NOS/c1-49(2)39-19-10-8-15-34(39)35-28-27-33(29-40(35)49)50(32-25-23-31(24-26-32)30-13-4-3-5-14-30)41-20-12-22-43-46(41)44-36-16-6-7-17-37(36)47-45(48(44)52-43)38-18-9-11-21-42(38)51-47/h3-29H,1-2H3. The Bertz CT molecular complexity index is 3040. The molecule has 10 aromatic rings. The first-order valence-electron chi connectivity index (χ1n) is 17.9. The average Bonchev–Trinajstić information content (AvgIpc) is 3.85. The van der Waals surface area contributed by atoms with Crippen LogP contribution in [0.25, 0.3) is 75.1 Å². The Balaban J connectivity index is 1.22. The molecule has 8 aromatic carbocycles. The summed E-state index contributed by atoms with van der Waals surface area (Å²) >= 11 is 1.87. The lowest BCUT2D eigenvalue weighted by atomic mass is 9.82. The van der Waals surface area contributed by atoms with E-state index in [1.54, 1.807) is 0 Å². The summed E-state index contributed by atoms with van der Waals surface area (Å²) in [6.07, 6.45) is 0. The van der Waals surface area contributed by atoms with Crippen molar-refractivity contribution >= 4 is 81.3 Å². The molecule has 0 spiro atoms. The molecular weight excluding hydrogens is 651 g/mol. The van der Waals surface area contributed by atoms with Gasteiger partial charge in [0.1, 0.15) is 11.2 Å². The summed E-state index contributed by atoms with van der Waals surface area (Å²) in [4.78, 5) is 2.48. The number of furan rings is 1. The molecule has 0 radical (unpaired) electrons. The number of rotatable bonds is 4. The van der Waals surface area contributed by atoms with Gasteiger partial charge in [-0.25, -0.2) is 0 Å². The lowest BCUT2D eigenvalue weighted by Gasteiger charge is -2.29. The number of hydrogen-bond donors (Lipinski definition) is 0. The number of thiophene rings is 1. The van der Waals surface area contributed by atoms with Crippen LogP contribution < -0.4 is 4.90 Å². The molecule has 3 heteroatoms. The Hall–Kier alpha value is -6.16. The summed E-state index contributed by atoms with van der Waals surface area (Å²) in [6, 6.07) is 59.7. The number of benzene rings is 8. The van der Waals surface area contributed by atoms with Gasteiger partial charge >= 0.3 is 0 Å². The van der Waals surface area contributed by atoms with Crippen LogP contribution in [0.2, 0.25) is 0 Å². The summed E-state index contributed by atoms with van der Waals surface area (Å²) < 4.78 is 9.15. The third kappa shape index (κ3) is 4.11. The maximum Gasteiger partial charge on any atom is 0.144 e. The largest absolute Gasteiger partial charge is 0.455 e. The van der Waals surface area contributed by atoms with E-state index in [0.29, 0.717) is 0 Å². The van der Waals surface area contributed by atoms with E-state index in [1.807, 2.05) is 11.3 Å². The molecule has 1 aliphatic carbocycles. The van der Waals surface area contributed by atoms with Crippen molar-refractivity contribution in [1.82, 2.24) is 0 Å². The third-order valence-corrected chi connectivity index (χ3v) is 12.4. The predicted octanol–water partition coefficient (Wildman–Crippen LogP) is 14.6. The Morgan fingerprint density at radius 1 is 0.500 bits per heavy atom. The van der Waals surface area contributed by atoms with E-state index in [1.165, 1.54) is 70.0 Å². The van der Waals surface area contributed by atoms with Crippen molar-refractivity contribution in [2.24, 2.45) is 0 Å². The van der Waals surface area contributed by atoms with Gasteiger partial charge in [-0.15, -0.1) is 11.3 Å². The molecule has 11 rings (SSSR count). The van der Waals surface area contributed by atoms with Gasteiger partial charge in [0, 0.05) is 53.1 Å². The highest BCUT2D eigenvalue weighted by molar-refractivity contribution is 7.27. The first-order chi connectivity index (χ1) is 25.6. The minimum atomic E-state index is -0.115. The molecule has 1 aliphatic rings. The second kappa shape index (κ2) is 10.9. The number of hydrogen-bond acceptors (Lipinski definition) is 3. The molecule has 2 nitrogen and oxygen atoms in total. The van der Waals surface area contributed by atoms with Crippen molar-refractivity contribution in [3.63, 3.8) is 0 Å². The topological polar surface area (TPSA) is 16.4 Å². The first kappa shape index (κ1) is 29.6. The fourth-order valence-electron chi connectivity index (χ4n) is 8.80. The fraction of sp³-hybridized carbons (Fsp3) is 0.0612. The highest BCUT2D eigenvalue weighted by atomic mass is 32.1. The van der Waals surface area contributed by atoms with Gasteiger partial charge in [0.05, 0.1) is 5.69 Å². The molecule has 0 amide bonds. The van der Waals surface area contributed by atoms with E-state index in [0.717, 1.165) is 33.3 Å². The van der Waals surface area contributed by atoms with Crippen molar-refractivity contribution in [2.75, 3.05) is 4.90 Å². The number of nitrogens with zero attached hydrogens (tertiary/aromatic N) is 1. The van der Waals surface area contributed by atoms with Crippen LogP contribution in [0.5, 0.6) is 0 Å². The number of para-hydroxylation sites is 1. The first-order valence-corrected chi connectivity index (χ1v) is 18.7. The van der Waals surface area contributed by atoms with Gasteiger partial charge in [-0.3, -0.25) is 0 Å². The van der Waals surface area contributed by atoms with E-state index in [4.69, 9.17) is 4.42 Å². The predicted molar refractivity (Wildman–Crippen MR) is 222 cm³/mol. The molecule has 0 atom stereocenters. The lowest BCUT2D eigenvalue weighted by Crippen LogP contribution is -2.16.